The highest BCUT2D eigenvalue weighted by molar-refractivity contribution is 7.89. The summed E-state index contributed by atoms with van der Waals surface area (Å²) in [6, 6.07) is 7.31. The maximum absolute atomic E-state index is 13.0. The molecule has 1 fully saturated rings. The molecule has 0 aliphatic carbocycles. The van der Waals surface area contributed by atoms with E-state index in [2.05, 4.69) is 15.5 Å². The van der Waals surface area contributed by atoms with Crippen molar-refractivity contribution in [3.8, 4) is 11.4 Å². The number of hydrogen-bond donors (Lipinski definition) is 1. The summed E-state index contributed by atoms with van der Waals surface area (Å²) in [7, 11) is -3.48. The van der Waals surface area contributed by atoms with Crippen LogP contribution in [0.25, 0.3) is 11.4 Å². The number of hydrogen-bond acceptors (Lipinski definition) is 7. The van der Waals surface area contributed by atoms with Gasteiger partial charge in [0.05, 0.1) is 11.4 Å². The lowest BCUT2D eigenvalue weighted by Gasteiger charge is -2.26. The number of anilines is 1. The number of nitrogens with zero attached hydrogens (tertiary/aromatic N) is 3. The Morgan fingerprint density at radius 1 is 1.21 bits per heavy atom. The summed E-state index contributed by atoms with van der Waals surface area (Å²) in [4.78, 5) is 4.72. The van der Waals surface area contributed by atoms with Gasteiger partial charge in [0.2, 0.25) is 21.7 Å². The fourth-order valence-electron chi connectivity index (χ4n) is 3.25. The van der Waals surface area contributed by atoms with Crippen molar-refractivity contribution in [3.63, 3.8) is 0 Å². The number of rotatable bonds is 6. The maximum Gasteiger partial charge on any atom is 0.246 e. The highest BCUT2D eigenvalue weighted by Crippen LogP contribution is 2.26. The van der Waals surface area contributed by atoms with Gasteiger partial charge in [0.25, 0.3) is 0 Å². The molecule has 0 spiro atoms. The molecule has 1 aromatic carbocycles. The first-order chi connectivity index (χ1) is 13.5. The zero-order chi connectivity index (χ0) is 19.6. The van der Waals surface area contributed by atoms with Crippen LogP contribution in [0.15, 0.2) is 44.4 Å². The Bertz CT molecular complexity index is 1040. The van der Waals surface area contributed by atoms with E-state index in [-0.39, 0.29) is 0 Å². The van der Waals surface area contributed by atoms with Gasteiger partial charge in [0.1, 0.15) is 0 Å². The molecule has 0 atom stereocenters. The van der Waals surface area contributed by atoms with Crippen molar-refractivity contribution in [1.29, 1.82) is 0 Å². The molecular formula is C19H22N4O3S2. The molecular weight excluding hydrogens is 396 g/mol. The van der Waals surface area contributed by atoms with Crippen molar-refractivity contribution in [2.45, 2.75) is 37.6 Å². The number of piperidine rings is 1. The van der Waals surface area contributed by atoms with Crippen LogP contribution in [0.2, 0.25) is 0 Å². The molecule has 0 unspecified atom stereocenters. The molecule has 148 valence electrons. The Morgan fingerprint density at radius 2 is 2.04 bits per heavy atom. The minimum atomic E-state index is -3.48. The van der Waals surface area contributed by atoms with Gasteiger partial charge in [-0.25, -0.2) is 8.42 Å². The van der Waals surface area contributed by atoms with Gasteiger partial charge < -0.3 is 9.84 Å². The molecule has 0 saturated carbocycles. The Kier molecular flexibility index (Phi) is 5.47. The van der Waals surface area contributed by atoms with Gasteiger partial charge in [0.15, 0.2) is 0 Å². The number of aryl methyl sites for hydroxylation is 1. The lowest BCUT2D eigenvalue weighted by molar-refractivity contribution is 0.346. The zero-order valence-electron chi connectivity index (χ0n) is 15.6. The van der Waals surface area contributed by atoms with Crippen LogP contribution in [0.3, 0.4) is 0 Å². The first-order valence-electron chi connectivity index (χ1n) is 9.24. The normalized spacial score (nSPS) is 15.6. The number of thiophene rings is 1. The van der Waals surface area contributed by atoms with Gasteiger partial charge in [0, 0.05) is 29.7 Å². The molecule has 3 aromatic rings. The zero-order valence-corrected chi connectivity index (χ0v) is 17.2. The van der Waals surface area contributed by atoms with E-state index in [0.717, 1.165) is 30.4 Å². The van der Waals surface area contributed by atoms with Crippen molar-refractivity contribution >= 4 is 27.0 Å². The van der Waals surface area contributed by atoms with Gasteiger partial charge in [-0.2, -0.15) is 20.6 Å². The summed E-state index contributed by atoms with van der Waals surface area (Å²) in [6.45, 7) is 3.33. The van der Waals surface area contributed by atoms with Crippen LogP contribution < -0.4 is 5.32 Å². The summed E-state index contributed by atoms with van der Waals surface area (Å²) in [6.07, 6.45) is 2.92. The van der Waals surface area contributed by atoms with Crippen LogP contribution >= 0.6 is 11.3 Å². The quantitative estimate of drug-likeness (QED) is 0.653. The molecule has 0 amide bonds. The fraction of sp³-hybridized carbons (Fsp3) is 0.368. The summed E-state index contributed by atoms with van der Waals surface area (Å²) in [5.74, 6) is 0.998. The number of sulfonamides is 1. The monoisotopic (exact) mass is 418 g/mol. The van der Waals surface area contributed by atoms with E-state index in [0.29, 0.717) is 41.9 Å². The molecule has 2 aromatic heterocycles. The van der Waals surface area contributed by atoms with Gasteiger partial charge in [-0.3, -0.25) is 0 Å². The first kappa shape index (κ1) is 19.1. The standard InChI is InChI=1S/C19H22N4O3S2/c1-14-5-6-16(11-17(14)28(24,25)23-8-3-2-4-9-23)20-12-18-21-19(22-26-18)15-7-10-27-13-15/h5-7,10-11,13,20H,2-4,8-9,12H2,1H3. The topological polar surface area (TPSA) is 88.3 Å². The summed E-state index contributed by atoms with van der Waals surface area (Å²) >= 11 is 1.57. The second-order valence-electron chi connectivity index (χ2n) is 6.82. The predicted octanol–water partition coefficient (Wildman–Crippen LogP) is 3.89. The third kappa shape index (κ3) is 3.96. The highest BCUT2D eigenvalue weighted by atomic mass is 32.2. The van der Waals surface area contributed by atoms with Gasteiger partial charge >= 0.3 is 0 Å². The van der Waals surface area contributed by atoms with Gasteiger partial charge in [-0.1, -0.05) is 17.6 Å². The van der Waals surface area contributed by atoms with Crippen LogP contribution in [0.4, 0.5) is 5.69 Å². The molecule has 1 saturated heterocycles. The molecule has 9 heteroatoms. The molecule has 7 nitrogen and oxygen atoms in total. The Labute approximate surface area is 168 Å². The van der Waals surface area contributed by atoms with Crippen LogP contribution in [0.5, 0.6) is 0 Å². The number of benzene rings is 1. The van der Waals surface area contributed by atoms with E-state index in [1.807, 2.05) is 35.9 Å². The Morgan fingerprint density at radius 3 is 2.79 bits per heavy atom. The number of nitrogens with one attached hydrogen (secondary N) is 1. The van der Waals surface area contributed by atoms with Crippen LogP contribution in [0, 0.1) is 6.92 Å². The van der Waals surface area contributed by atoms with Crippen molar-refractivity contribution in [1.82, 2.24) is 14.4 Å². The minimum absolute atomic E-state index is 0.323. The third-order valence-corrected chi connectivity index (χ3v) is 7.54. The van der Waals surface area contributed by atoms with E-state index in [9.17, 15) is 8.42 Å². The first-order valence-corrected chi connectivity index (χ1v) is 11.6. The molecule has 3 heterocycles. The molecule has 1 aliphatic rings. The second kappa shape index (κ2) is 8.02. The molecule has 28 heavy (non-hydrogen) atoms. The van der Waals surface area contributed by atoms with Crippen molar-refractivity contribution in [3.05, 3.63) is 46.5 Å². The van der Waals surface area contributed by atoms with E-state index in [4.69, 9.17) is 4.52 Å². The summed E-state index contributed by atoms with van der Waals surface area (Å²) in [5, 5.41) is 11.1. The van der Waals surface area contributed by atoms with E-state index in [1.165, 1.54) is 0 Å². The summed E-state index contributed by atoms with van der Waals surface area (Å²) in [5.41, 5.74) is 2.37. The van der Waals surface area contributed by atoms with Crippen LogP contribution in [-0.2, 0) is 16.6 Å². The highest BCUT2D eigenvalue weighted by Gasteiger charge is 2.27. The maximum atomic E-state index is 13.0. The molecule has 0 radical (unpaired) electrons. The smallest absolute Gasteiger partial charge is 0.246 e. The summed E-state index contributed by atoms with van der Waals surface area (Å²) < 4.78 is 32.9. The van der Waals surface area contributed by atoms with Crippen molar-refractivity contribution < 1.29 is 12.9 Å². The Hall–Kier alpha value is -2.23. The van der Waals surface area contributed by atoms with E-state index in [1.54, 1.807) is 21.7 Å². The van der Waals surface area contributed by atoms with Crippen LogP contribution in [-0.4, -0.2) is 36.0 Å². The average molecular weight is 419 g/mol. The average Bonchev–Trinajstić information content (AvgIpc) is 3.39. The largest absolute Gasteiger partial charge is 0.376 e. The van der Waals surface area contributed by atoms with Crippen LogP contribution in [0.1, 0.15) is 30.7 Å². The third-order valence-electron chi connectivity index (χ3n) is 4.81. The SMILES string of the molecule is Cc1ccc(NCc2nc(-c3ccsc3)no2)cc1S(=O)(=O)N1CCCCC1. The molecule has 0 bridgehead atoms. The fourth-order valence-corrected chi connectivity index (χ4v) is 5.65. The lowest BCUT2D eigenvalue weighted by atomic mass is 10.2. The Balaban J connectivity index is 1.49. The van der Waals surface area contributed by atoms with E-state index < -0.39 is 10.0 Å². The van der Waals surface area contributed by atoms with Crippen molar-refractivity contribution in [2.24, 2.45) is 0 Å². The molecule has 1 N–H and O–H groups in total. The lowest BCUT2D eigenvalue weighted by Crippen LogP contribution is -2.36. The predicted molar refractivity (Wildman–Crippen MR) is 109 cm³/mol. The number of aromatic nitrogens is 2. The van der Waals surface area contributed by atoms with E-state index >= 15 is 0 Å². The molecule has 4 rings (SSSR count). The second-order valence-corrected chi connectivity index (χ2v) is 9.51. The molecule has 1 aliphatic heterocycles. The minimum Gasteiger partial charge on any atom is -0.376 e. The van der Waals surface area contributed by atoms with Gasteiger partial charge in [-0.15, -0.1) is 0 Å². The van der Waals surface area contributed by atoms with Crippen molar-refractivity contribution in [2.75, 3.05) is 18.4 Å². The van der Waals surface area contributed by atoms with Gasteiger partial charge in [-0.05, 0) is 48.9 Å².